The SMILES string of the molecule is CC(C)Oc1ccc(CN(CCCN)C(=O)c2ccccc2OCc2ccccc2)cc1. The summed E-state index contributed by atoms with van der Waals surface area (Å²) in [6.07, 6.45) is 0.851. The van der Waals surface area contributed by atoms with Crippen molar-refractivity contribution >= 4 is 5.91 Å². The maximum atomic E-state index is 13.5. The normalized spacial score (nSPS) is 10.8. The molecule has 0 aliphatic rings. The molecule has 3 aromatic carbocycles. The van der Waals surface area contributed by atoms with Gasteiger partial charge in [-0.05, 0) is 62.2 Å². The lowest BCUT2D eigenvalue weighted by Gasteiger charge is -2.24. The van der Waals surface area contributed by atoms with Crippen molar-refractivity contribution in [3.8, 4) is 11.5 Å². The summed E-state index contributed by atoms with van der Waals surface area (Å²) in [5.41, 5.74) is 8.38. The molecular formula is C27H32N2O3. The van der Waals surface area contributed by atoms with Crippen LogP contribution in [-0.2, 0) is 13.2 Å². The smallest absolute Gasteiger partial charge is 0.257 e. The molecule has 0 fully saturated rings. The van der Waals surface area contributed by atoms with Crippen LogP contribution >= 0.6 is 0 Å². The van der Waals surface area contributed by atoms with E-state index in [-0.39, 0.29) is 12.0 Å². The zero-order valence-corrected chi connectivity index (χ0v) is 18.9. The number of carbonyl (C=O) groups is 1. The van der Waals surface area contributed by atoms with Crippen LogP contribution in [0.15, 0.2) is 78.9 Å². The lowest BCUT2D eigenvalue weighted by atomic mass is 10.1. The standard InChI is InChI=1S/C27H32N2O3/c1-21(2)32-24-15-13-22(14-16-24)19-29(18-8-17-28)27(30)25-11-6-7-12-26(25)31-20-23-9-4-3-5-10-23/h3-7,9-16,21H,8,17-20,28H2,1-2H3. The van der Waals surface area contributed by atoms with E-state index in [2.05, 4.69) is 0 Å². The van der Waals surface area contributed by atoms with Crippen molar-refractivity contribution in [1.29, 1.82) is 0 Å². The first-order chi connectivity index (χ1) is 15.6. The first-order valence-electron chi connectivity index (χ1n) is 11.1. The van der Waals surface area contributed by atoms with E-state index in [1.165, 1.54) is 0 Å². The second kappa shape index (κ2) is 11.9. The van der Waals surface area contributed by atoms with Gasteiger partial charge in [-0.25, -0.2) is 0 Å². The van der Waals surface area contributed by atoms with Gasteiger partial charge in [-0.15, -0.1) is 0 Å². The Balaban J connectivity index is 1.75. The minimum absolute atomic E-state index is 0.0652. The van der Waals surface area contributed by atoms with Crippen LogP contribution in [0.3, 0.4) is 0 Å². The first-order valence-corrected chi connectivity index (χ1v) is 11.1. The predicted molar refractivity (Wildman–Crippen MR) is 128 cm³/mol. The molecule has 168 valence electrons. The Morgan fingerprint density at radius 3 is 2.28 bits per heavy atom. The molecule has 0 aliphatic carbocycles. The lowest BCUT2D eigenvalue weighted by Crippen LogP contribution is -2.32. The summed E-state index contributed by atoms with van der Waals surface area (Å²) in [6.45, 7) is 6.00. The molecule has 1 amide bonds. The minimum atomic E-state index is -0.0652. The molecule has 0 radical (unpaired) electrons. The Bertz CT molecular complexity index is 972. The van der Waals surface area contributed by atoms with Gasteiger partial charge in [0.25, 0.3) is 5.91 Å². The molecule has 0 bridgehead atoms. The molecule has 0 aromatic heterocycles. The van der Waals surface area contributed by atoms with Crippen molar-refractivity contribution in [2.45, 2.75) is 39.5 Å². The Morgan fingerprint density at radius 1 is 0.906 bits per heavy atom. The summed E-state index contributed by atoms with van der Waals surface area (Å²) in [4.78, 5) is 15.3. The van der Waals surface area contributed by atoms with Crippen molar-refractivity contribution in [2.24, 2.45) is 5.73 Å². The quantitative estimate of drug-likeness (QED) is 0.461. The third-order valence-electron chi connectivity index (χ3n) is 4.94. The molecular weight excluding hydrogens is 400 g/mol. The van der Waals surface area contributed by atoms with Crippen LogP contribution in [-0.4, -0.2) is 30.0 Å². The Morgan fingerprint density at radius 2 is 1.59 bits per heavy atom. The average Bonchev–Trinajstić information content (AvgIpc) is 2.81. The van der Waals surface area contributed by atoms with Crippen molar-refractivity contribution in [2.75, 3.05) is 13.1 Å². The Kier molecular flexibility index (Phi) is 8.70. The summed E-state index contributed by atoms with van der Waals surface area (Å²) in [6, 6.07) is 25.2. The fourth-order valence-electron chi connectivity index (χ4n) is 3.38. The minimum Gasteiger partial charge on any atom is -0.491 e. The molecule has 32 heavy (non-hydrogen) atoms. The number of amides is 1. The number of nitrogens with zero attached hydrogens (tertiary/aromatic N) is 1. The molecule has 0 heterocycles. The van der Waals surface area contributed by atoms with Gasteiger partial charge in [0.05, 0.1) is 11.7 Å². The van der Waals surface area contributed by atoms with Crippen LogP contribution < -0.4 is 15.2 Å². The second-order valence-corrected chi connectivity index (χ2v) is 7.95. The monoisotopic (exact) mass is 432 g/mol. The van der Waals surface area contributed by atoms with Gasteiger partial charge in [0.15, 0.2) is 0 Å². The van der Waals surface area contributed by atoms with Crippen molar-refractivity contribution < 1.29 is 14.3 Å². The molecule has 0 atom stereocenters. The molecule has 0 saturated carbocycles. The van der Waals surface area contributed by atoms with Gasteiger partial charge in [-0.3, -0.25) is 4.79 Å². The number of rotatable bonds is 11. The number of carbonyl (C=O) groups excluding carboxylic acids is 1. The third kappa shape index (κ3) is 6.86. The Hall–Kier alpha value is -3.31. The highest BCUT2D eigenvalue weighted by molar-refractivity contribution is 5.96. The molecule has 3 aromatic rings. The van der Waals surface area contributed by atoms with Gasteiger partial charge < -0.3 is 20.1 Å². The fourth-order valence-corrected chi connectivity index (χ4v) is 3.38. The zero-order chi connectivity index (χ0) is 22.8. The maximum absolute atomic E-state index is 13.5. The van der Waals surface area contributed by atoms with E-state index in [0.29, 0.717) is 37.6 Å². The van der Waals surface area contributed by atoms with Crippen LogP contribution in [0.2, 0.25) is 0 Å². The number of hydrogen-bond donors (Lipinski definition) is 1. The van der Waals surface area contributed by atoms with Gasteiger partial charge in [0, 0.05) is 13.1 Å². The highest BCUT2D eigenvalue weighted by atomic mass is 16.5. The summed E-state index contributed by atoms with van der Waals surface area (Å²) < 4.78 is 11.7. The van der Waals surface area contributed by atoms with Crippen molar-refractivity contribution in [3.63, 3.8) is 0 Å². The van der Waals surface area contributed by atoms with Crippen molar-refractivity contribution in [1.82, 2.24) is 4.90 Å². The first kappa shape index (κ1) is 23.4. The number of para-hydroxylation sites is 1. The predicted octanol–water partition coefficient (Wildman–Crippen LogP) is 5.04. The summed E-state index contributed by atoms with van der Waals surface area (Å²) >= 11 is 0. The summed E-state index contributed by atoms with van der Waals surface area (Å²) in [5.74, 6) is 1.34. The molecule has 2 N–H and O–H groups in total. The zero-order valence-electron chi connectivity index (χ0n) is 18.9. The topological polar surface area (TPSA) is 64.8 Å². The molecule has 3 rings (SSSR count). The number of benzene rings is 3. The second-order valence-electron chi connectivity index (χ2n) is 7.95. The van der Waals surface area contributed by atoms with Crippen LogP contribution in [0.4, 0.5) is 0 Å². The number of hydrogen-bond acceptors (Lipinski definition) is 4. The van der Waals surface area contributed by atoms with E-state index in [0.717, 1.165) is 23.3 Å². The Labute approximate surface area is 190 Å². The van der Waals surface area contributed by atoms with Crippen LogP contribution in [0.25, 0.3) is 0 Å². The summed E-state index contributed by atoms with van der Waals surface area (Å²) in [7, 11) is 0. The van der Waals surface area contributed by atoms with Gasteiger partial charge in [0.2, 0.25) is 0 Å². The molecule has 5 nitrogen and oxygen atoms in total. The molecule has 0 aliphatic heterocycles. The van der Waals surface area contributed by atoms with E-state index in [4.69, 9.17) is 15.2 Å². The van der Waals surface area contributed by atoms with Crippen LogP contribution in [0.1, 0.15) is 41.8 Å². The van der Waals surface area contributed by atoms with E-state index >= 15 is 0 Å². The van der Waals surface area contributed by atoms with Gasteiger partial charge in [0.1, 0.15) is 18.1 Å². The van der Waals surface area contributed by atoms with Gasteiger partial charge in [-0.2, -0.15) is 0 Å². The largest absolute Gasteiger partial charge is 0.491 e. The highest BCUT2D eigenvalue weighted by Crippen LogP contribution is 2.23. The molecule has 0 saturated heterocycles. The maximum Gasteiger partial charge on any atom is 0.257 e. The van der Waals surface area contributed by atoms with Crippen LogP contribution in [0, 0.1) is 0 Å². The van der Waals surface area contributed by atoms with E-state index in [1.807, 2.05) is 97.6 Å². The third-order valence-corrected chi connectivity index (χ3v) is 4.94. The van der Waals surface area contributed by atoms with E-state index in [1.54, 1.807) is 0 Å². The van der Waals surface area contributed by atoms with E-state index in [9.17, 15) is 4.79 Å². The van der Waals surface area contributed by atoms with Gasteiger partial charge in [-0.1, -0.05) is 54.6 Å². The van der Waals surface area contributed by atoms with Gasteiger partial charge >= 0.3 is 0 Å². The molecule has 0 spiro atoms. The highest BCUT2D eigenvalue weighted by Gasteiger charge is 2.20. The van der Waals surface area contributed by atoms with Crippen LogP contribution in [0.5, 0.6) is 11.5 Å². The van der Waals surface area contributed by atoms with E-state index < -0.39 is 0 Å². The number of nitrogens with two attached hydrogens (primary N) is 1. The fraction of sp³-hybridized carbons (Fsp3) is 0.296. The average molecular weight is 433 g/mol. The molecule has 5 heteroatoms. The number of ether oxygens (including phenoxy) is 2. The molecule has 0 unspecified atom stereocenters. The van der Waals surface area contributed by atoms with Crippen molar-refractivity contribution in [3.05, 3.63) is 95.6 Å². The lowest BCUT2D eigenvalue weighted by molar-refractivity contribution is 0.0737. The summed E-state index contributed by atoms with van der Waals surface area (Å²) in [5, 5.41) is 0.